The van der Waals surface area contributed by atoms with Crippen molar-refractivity contribution in [3.8, 4) is 0 Å². The molecular formula is C18H19NO. The largest absolute Gasteiger partial charge is 0.350 e. The summed E-state index contributed by atoms with van der Waals surface area (Å²) in [5, 5.41) is 2.88. The molecule has 2 rings (SSSR count). The molecule has 0 heterocycles. The summed E-state index contributed by atoms with van der Waals surface area (Å²) in [6.45, 7) is 3.91. The molecule has 0 aliphatic heterocycles. The van der Waals surface area contributed by atoms with Crippen LogP contribution in [0.25, 0.3) is 12.2 Å². The van der Waals surface area contributed by atoms with Gasteiger partial charge in [-0.15, -0.1) is 0 Å². The molecule has 0 fully saturated rings. The first-order chi connectivity index (χ1) is 9.65. The highest BCUT2D eigenvalue weighted by molar-refractivity contribution is 5.94. The molecule has 0 aliphatic rings. The summed E-state index contributed by atoms with van der Waals surface area (Å²) in [5.74, 6) is -0.0291. The molecule has 1 amide bonds. The average Bonchev–Trinajstić information content (AvgIpc) is 2.46. The van der Waals surface area contributed by atoms with Gasteiger partial charge in [0.15, 0.2) is 0 Å². The highest BCUT2D eigenvalue weighted by Crippen LogP contribution is 2.10. The van der Waals surface area contributed by atoms with Crippen LogP contribution in [-0.2, 0) is 0 Å². The van der Waals surface area contributed by atoms with Gasteiger partial charge in [0.2, 0.25) is 0 Å². The highest BCUT2D eigenvalue weighted by atomic mass is 16.1. The molecule has 0 radical (unpaired) electrons. The van der Waals surface area contributed by atoms with Crippen molar-refractivity contribution < 1.29 is 4.79 Å². The Morgan fingerprint density at radius 1 is 0.900 bits per heavy atom. The van der Waals surface area contributed by atoms with Crippen LogP contribution in [0, 0.1) is 0 Å². The van der Waals surface area contributed by atoms with Gasteiger partial charge in [-0.3, -0.25) is 4.79 Å². The van der Waals surface area contributed by atoms with Gasteiger partial charge < -0.3 is 5.32 Å². The van der Waals surface area contributed by atoms with Gasteiger partial charge in [-0.25, -0.2) is 0 Å². The third-order valence-electron chi connectivity index (χ3n) is 2.86. The minimum absolute atomic E-state index is 0.0291. The van der Waals surface area contributed by atoms with Gasteiger partial charge in [-0.05, 0) is 37.1 Å². The third-order valence-corrected chi connectivity index (χ3v) is 2.86. The molecule has 0 aliphatic carbocycles. The van der Waals surface area contributed by atoms with E-state index in [0.29, 0.717) is 5.56 Å². The maximum Gasteiger partial charge on any atom is 0.251 e. The zero-order chi connectivity index (χ0) is 14.4. The van der Waals surface area contributed by atoms with Gasteiger partial charge in [0, 0.05) is 11.6 Å². The minimum Gasteiger partial charge on any atom is -0.350 e. The van der Waals surface area contributed by atoms with Gasteiger partial charge in [0.05, 0.1) is 0 Å². The number of hydrogen-bond acceptors (Lipinski definition) is 1. The molecule has 2 nitrogen and oxygen atoms in total. The maximum atomic E-state index is 11.8. The number of carbonyl (C=O) groups excluding carboxylic acids is 1. The Kier molecular flexibility index (Phi) is 4.72. The molecule has 0 saturated heterocycles. The molecule has 20 heavy (non-hydrogen) atoms. The van der Waals surface area contributed by atoms with E-state index in [1.54, 1.807) is 0 Å². The van der Waals surface area contributed by atoms with Crippen LogP contribution >= 0.6 is 0 Å². The van der Waals surface area contributed by atoms with Crippen molar-refractivity contribution >= 4 is 18.1 Å². The lowest BCUT2D eigenvalue weighted by Crippen LogP contribution is -2.29. The number of amides is 1. The van der Waals surface area contributed by atoms with E-state index in [1.165, 1.54) is 0 Å². The predicted octanol–water partition coefficient (Wildman–Crippen LogP) is 4.00. The van der Waals surface area contributed by atoms with Gasteiger partial charge in [0.1, 0.15) is 0 Å². The Bertz CT molecular complexity index is 583. The van der Waals surface area contributed by atoms with Crippen molar-refractivity contribution in [2.45, 2.75) is 19.9 Å². The summed E-state index contributed by atoms with van der Waals surface area (Å²) in [5.41, 5.74) is 2.93. The molecule has 0 unspecified atom stereocenters. The van der Waals surface area contributed by atoms with Crippen LogP contribution in [0.3, 0.4) is 0 Å². The van der Waals surface area contributed by atoms with E-state index in [4.69, 9.17) is 0 Å². The van der Waals surface area contributed by atoms with Crippen LogP contribution in [0.15, 0.2) is 54.6 Å². The smallest absolute Gasteiger partial charge is 0.251 e. The normalized spacial score (nSPS) is 10.9. The number of rotatable bonds is 4. The summed E-state index contributed by atoms with van der Waals surface area (Å²) in [6.07, 6.45) is 4.10. The molecule has 0 spiro atoms. The fraction of sp³-hybridized carbons (Fsp3) is 0.167. The summed E-state index contributed by atoms with van der Waals surface area (Å²) in [6, 6.07) is 17.9. The highest BCUT2D eigenvalue weighted by Gasteiger charge is 2.05. The summed E-state index contributed by atoms with van der Waals surface area (Å²) >= 11 is 0. The van der Waals surface area contributed by atoms with Crippen LogP contribution in [0.1, 0.15) is 35.3 Å². The van der Waals surface area contributed by atoms with Crippen molar-refractivity contribution in [2.75, 3.05) is 0 Å². The van der Waals surface area contributed by atoms with Crippen LogP contribution in [0.5, 0.6) is 0 Å². The summed E-state index contributed by atoms with van der Waals surface area (Å²) < 4.78 is 0. The van der Waals surface area contributed by atoms with Gasteiger partial charge in [0.25, 0.3) is 5.91 Å². The second-order valence-electron chi connectivity index (χ2n) is 4.99. The molecule has 0 aromatic heterocycles. The van der Waals surface area contributed by atoms with E-state index in [1.807, 2.05) is 62.4 Å². The predicted molar refractivity (Wildman–Crippen MR) is 84.4 cm³/mol. The van der Waals surface area contributed by atoms with Gasteiger partial charge in [-0.2, -0.15) is 0 Å². The first kappa shape index (κ1) is 14.1. The Morgan fingerprint density at radius 3 is 2.00 bits per heavy atom. The third kappa shape index (κ3) is 4.09. The van der Waals surface area contributed by atoms with Crippen molar-refractivity contribution in [1.29, 1.82) is 0 Å². The lowest BCUT2D eigenvalue weighted by Gasteiger charge is -2.08. The average molecular weight is 265 g/mol. The van der Waals surface area contributed by atoms with Crippen molar-refractivity contribution in [3.63, 3.8) is 0 Å². The van der Waals surface area contributed by atoms with Crippen molar-refractivity contribution in [1.82, 2.24) is 5.32 Å². The van der Waals surface area contributed by atoms with E-state index in [-0.39, 0.29) is 11.9 Å². The maximum absolute atomic E-state index is 11.8. The topological polar surface area (TPSA) is 29.1 Å². The molecule has 0 saturated carbocycles. The molecule has 0 atom stereocenters. The number of hydrogen-bond donors (Lipinski definition) is 1. The molecule has 2 aromatic rings. The first-order valence-electron chi connectivity index (χ1n) is 6.79. The summed E-state index contributed by atoms with van der Waals surface area (Å²) in [4.78, 5) is 11.8. The zero-order valence-electron chi connectivity index (χ0n) is 11.8. The minimum atomic E-state index is -0.0291. The van der Waals surface area contributed by atoms with E-state index in [2.05, 4.69) is 23.5 Å². The molecule has 1 N–H and O–H groups in total. The fourth-order valence-electron chi connectivity index (χ4n) is 1.85. The SMILES string of the molecule is CC(C)NC(=O)c1ccc(/C=C/c2ccccc2)cc1. The van der Waals surface area contributed by atoms with Crippen molar-refractivity contribution in [3.05, 3.63) is 71.3 Å². The van der Waals surface area contributed by atoms with Crippen LogP contribution in [-0.4, -0.2) is 11.9 Å². The van der Waals surface area contributed by atoms with Gasteiger partial charge >= 0.3 is 0 Å². The Morgan fingerprint density at radius 2 is 1.45 bits per heavy atom. The Labute approximate surface area is 120 Å². The summed E-state index contributed by atoms with van der Waals surface area (Å²) in [7, 11) is 0. The molecular weight excluding hydrogens is 246 g/mol. The molecule has 0 bridgehead atoms. The van der Waals surface area contributed by atoms with E-state index in [0.717, 1.165) is 11.1 Å². The van der Waals surface area contributed by atoms with Crippen LogP contribution in [0.4, 0.5) is 0 Å². The second kappa shape index (κ2) is 6.71. The number of nitrogens with one attached hydrogen (secondary N) is 1. The van der Waals surface area contributed by atoms with E-state index in [9.17, 15) is 4.79 Å². The lowest BCUT2D eigenvalue weighted by molar-refractivity contribution is 0.0943. The first-order valence-corrected chi connectivity index (χ1v) is 6.79. The number of carbonyl (C=O) groups is 1. The monoisotopic (exact) mass is 265 g/mol. The second-order valence-corrected chi connectivity index (χ2v) is 4.99. The molecule has 2 aromatic carbocycles. The lowest BCUT2D eigenvalue weighted by atomic mass is 10.1. The van der Waals surface area contributed by atoms with Crippen molar-refractivity contribution in [2.24, 2.45) is 0 Å². The number of benzene rings is 2. The van der Waals surface area contributed by atoms with Crippen LogP contribution in [0.2, 0.25) is 0 Å². The molecule has 2 heteroatoms. The van der Waals surface area contributed by atoms with Crippen LogP contribution < -0.4 is 5.32 Å². The standard InChI is InChI=1S/C18H19NO/c1-14(2)19-18(20)17-12-10-16(11-13-17)9-8-15-6-4-3-5-7-15/h3-14H,1-2H3,(H,19,20)/b9-8+. The molecule has 102 valence electrons. The quantitative estimate of drug-likeness (QED) is 0.832. The Hall–Kier alpha value is -2.35. The van der Waals surface area contributed by atoms with Gasteiger partial charge in [-0.1, -0.05) is 54.6 Å². The van der Waals surface area contributed by atoms with E-state index >= 15 is 0 Å². The zero-order valence-corrected chi connectivity index (χ0v) is 11.8. The fourth-order valence-corrected chi connectivity index (χ4v) is 1.85. The Balaban J connectivity index is 2.05. The van der Waals surface area contributed by atoms with E-state index < -0.39 is 0 Å².